The van der Waals surface area contributed by atoms with Gasteiger partial charge in [0.2, 0.25) is 0 Å². The first-order valence-corrected chi connectivity index (χ1v) is 9.61. The van der Waals surface area contributed by atoms with Crippen molar-refractivity contribution in [1.29, 1.82) is 5.26 Å². The average Bonchev–Trinajstić information content (AvgIpc) is 3.17. The number of epoxide rings is 1. The van der Waals surface area contributed by atoms with E-state index < -0.39 is 0 Å². The van der Waals surface area contributed by atoms with Crippen LogP contribution in [0.15, 0.2) is 34.9 Å². The Kier molecular flexibility index (Phi) is 8.29. The summed E-state index contributed by atoms with van der Waals surface area (Å²) in [6.07, 6.45) is 11.1. The van der Waals surface area contributed by atoms with Gasteiger partial charge < -0.3 is 4.74 Å². The second-order valence-electron chi connectivity index (χ2n) is 7.08. The largest absolute Gasteiger partial charge is 0.365 e. The molecule has 0 aromatic rings. The monoisotopic (exact) mass is 379 g/mol. The normalized spacial score (nSPS) is 25.7. The van der Waals surface area contributed by atoms with E-state index in [1.165, 1.54) is 11.1 Å². The molecule has 0 aliphatic carbocycles. The van der Waals surface area contributed by atoms with Crippen LogP contribution < -0.4 is 0 Å². The van der Waals surface area contributed by atoms with Gasteiger partial charge in [-0.25, -0.2) is 0 Å². The lowest BCUT2D eigenvalue weighted by Gasteiger charge is -2.03. The second kappa shape index (κ2) is 9.45. The van der Waals surface area contributed by atoms with Gasteiger partial charge in [-0.05, 0) is 58.4 Å². The quantitative estimate of drug-likeness (QED) is 0.159. The van der Waals surface area contributed by atoms with Gasteiger partial charge in [0.05, 0.1) is 12.2 Å². The molecule has 0 N–H and O–H groups in total. The van der Waals surface area contributed by atoms with Crippen molar-refractivity contribution in [3.8, 4) is 6.07 Å². The number of hydrogen-bond donors (Lipinski definition) is 0. The van der Waals surface area contributed by atoms with E-state index in [4.69, 9.17) is 10.00 Å². The first-order chi connectivity index (χ1) is 10.8. The molecule has 0 bridgehead atoms. The number of hydrogen-bond acceptors (Lipinski definition) is 2. The molecule has 1 fully saturated rings. The summed E-state index contributed by atoms with van der Waals surface area (Å²) in [5, 5.41) is 9.97. The Hall–Kier alpha value is -0.850. The summed E-state index contributed by atoms with van der Waals surface area (Å²) < 4.78 is 5.71. The Balaban J connectivity index is 2.33. The lowest BCUT2D eigenvalue weighted by molar-refractivity contribution is 0.324. The van der Waals surface area contributed by atoms with Crippen LogP contribution >= 0.6 is 15.9 Å². The molecule has 3 heteroatoms. The highest BCUT2D eigenvalue weighted by Crippen LogP contribution is 2.41. The summed E-state index contributed by atoms with van der Waals surface area (Å²) in [4.78, 5) is 0. The summed E-state index contributed by atoms with van der Waals surface area (Å²) in [5.41, 5.74) is 3.68. The van der Waals surface area contributed by atoms with Crippen LogP contribution in [0.2, 0.25) is 0 Å². The molecule has 1 heterocycles. The van der Waals surface area contributed by atoms with E-state index in [-0.39, 0.29) is 5.60 Å². The molecule has 128 valence electrons. The van der Waals surface area contributed by atoms with E-state index in [0.29, 0.717) is 12.0 Å². The molecule has 1 saturated heterocycles. The Morgan fingerprint density at radius 1 is 1.26 bits per heavy atom. The van der Waals surface area contributed by atoms with E-state index in [0.717, 1.165) is 36.6 Å². The topological polar surface area (TPSA) is 36.3 Å². The number of ether oxygens (including phenoxy) is 1. The highest BCUT2D eigenvalue weighted by atomic mass is 79.9. The van der Waals surface area contributed by atoms with Gasteiger partial charge in [0, 0.05) is 10.9 Å². The maximum Gasteiger partial charge on any atom is 0.102 e. The molecule has 0 aromatic heterocycles. The number of alkyl halides is 1. The van der Waals surface area contributed by atoms with Crippen molar-refractivity contribution in [1.82, 2.24) is 0 Å². The summed E-state index contributed by atoms with van der Waals surface area (Å²) in [6.45, 7) is 10.6. The van der Waals surface area contributed by atoms with Crippen LogP contribution in [0.25, 0.3) is 0 Å². The number of nitrogens with zero attached hydrogens (tertiary/aromatic N) is 1. The second-order valence-corrected chi connectivity index (χ2v) is 7.64. The van der Waals surface area contributed by atoms with E-state index >= 15 is 0 Å². The van der Waals surface area contributed by atoms with Gasteiger partial charge in [-0.1, -0.05) is 53.1 Å². The fraction of sp³-hybridized carbons (Fsp3) is 0.650. The zero-order valence-corrected chi connectivity index (χ0v) is 16.7. The molecule has 0 spiro atoms. The number of rotatable bonds is 9. The van der Waals surface area contributed by atoms with Crippen molar-refractivity contribution in [3.05, 3.63) is 34.9 Å². The van der Waals surface area contributed by atoms with Gasteiger partial charge in [0.25, 0.3) is 0 Å². The van der Waals surface area contributed by atoms with E-state index in [9.17, 15) is 0 Å². The lowest BCUT2D eigenvalue weighted by atomic mass is 10.0. The third kappa shape index (κ3) is 7.06. The molecule has 0 unspecified atom stereocenters. The van der Waals surface area contributed by atoms with Gasteiger partial charge in [-0.15, -0.1) is 0 Å². The Morgan fingerprint density at radius 3 is 2.48 bits per heavy atom. The molecule has 2 nitrogen and oxygen atoms in total. The number of allylic oxidation sites excluding steroid dienone is 6. The highest BCUT2D eigenvalue weighted by Gasteiger charge is 2.50. The van der Waals surface area contributed by atoms with Gasteiger partial charge in [-0.2, -0.15) is 5.26 Å². The molecule has 0 amide bonds. The lowest BCUT2D eigenvalue weighted by Crippen LogP contribution is -2.11. The molecular weight excluding hydrogens is 350 g/mol. The summed E-state index contributed by atoms with van der Waals surface area (Å²) >= 11 is 3.51. The third-order valence-corrected chi connectivity index (χ3v) is 5.54. The summed E-state index contributed by atoms with van der Waals surface area (Å²) in [5.74, 6) is 0.293. The van der Waals surface area contributed by atoms with Gasteiger partial charge in [0.15, 0.2) is 0 Å². The minimum atomic E-state index is 0.0702. The fourth-order valence-electron chi connectivity index (χ4n) is 2.45. The van der Waals surface area contributed by atoms with Crippen LogP contribution in [0, 0.1) is 17.2 Å². The van der Waals surface area contributed by atoms with Crippen LogP contribution in [0.4, 0.5) is 0 Å². The first kappa shape index (κ1) is 20.2. The summed E-state index contributed by atoms with van der Waals surface area (Å²) in [7, 11) is 0. The minimum Gasteiger partial charge on any atom is -0.365 e. The van der Waals surface area contributed by atoms with E-state index in [1.54, 1.807) is 0 Å². The SMILES string of the molecule is C/C(=C\C=C(/C#N)C(C)C)CC/C=C(\C)CC[C@@H]1O[C@]1(C)CBr. The Labute approximate surface area is 150 Å². The maximum atomic E-state index is 9.05. The van der Waals surface area contributed by atoms with Crippen molar-refractivity contribution < 1.29 is 4.74 Å². The molecular formula is C20H30BrNO. The van der Waals surface area contributed by atoms with E-state index in [1.807, 2.05) is 6.08 Å². The highest BCUT2D eigenvalue weighted by molar-refractivity contribution is 9.09. The standard InChI is InChI=1S/C20H30BrNO/c1-15(2)18(13-22)11-9-16(3)7-6-8-17(4)10-12-19-20(5,14-21)23-19/h8-9,11,15,19H,6-7,10,12,14H2,1-5H3/b16-9+,17-8+,18-11+/t19-,20+/m0/s1. The van der Waals surface area contributed by atoms with Crippen LogP contribution in [-0.4, -0.2) is 17.0 Å². The molecule has 0 aromatic carbocycles. The van der Waals surface area contributed by atoms with E-state index in [2.05, 4.69) is 68.8 Å². The Bertz CT molecular complexity index is 524. The molecule has 0 radical (unpaired) electrons. The zero-order chi connectivity index (χ0) is 17.5. The molecule has 0 saturated carbocycles. The minimum absolute atomic E-state index is 0.0702. The third-order valence-electron chi connectivity index (χ3n) is 4.43. The van der Waals surface area contributed by atoms with Crippen LogP contribution in [0.3, 0.4) is 0 Å². The number of halogens is 1. The predicted octanol–water partition coefficient (Wildman–Crippen LogP) is 6.10. The van der Waals surface area contributed by atoms with Crippen molar-refractivity contribution in [2.24, 2.45) is 5.92 Å². The summed E-state index contributed by atoms with van der Waals surface area (Å²) in [6, 6.07) is 2.27. The van der Waals surface area contributed by atoms with Crippen LogP contribution in [-0.2, 0) is 4.74 Å². The maximum absolute atomic E-state index is 9.05. The zero-order valence-electron chi connectivity index (χ0n) is 15.2. The first-order valence-electron chi connectivity index (χ1n) is 8.49. The van der Waals surface area contributed by atoms with Crippen molar-refractivity contribution in [2.45, 2.75) is 72.0 Å². The van der Waals surface area contributed by atoms with Gasteiger partial charge >= 0.3 is 0 Å². The van der Waals surface area contributed by atoms with Crippen LogP contribution in [0.5, 0.6) is 0 Å². The molecule has 1 rings (SSSR count). The average molecular weight is 380 g/mol. The van der Waals surface area contributed by atoms with Crippen molar-refractivity contribution in [2.75, 3.05) is 5.33 Å². The van der Waals surface area contributed by atoms with Crippen molar-refractivity contribution in [3.63, 3.8) is 0 Å². The van der Waals surface area contributed by atoms with Gasteiger partial charge in [0.1, 0.15) is 5.60 Å². The van der Waals surface area contributed by atoms with Crippen molar-refractivity contribution >= 4 is 15.9 Å². The predicted molar refractivity (Wildman–Crippen MR) is 102 cm³/mol. The van der Waals surface area contributed by atoms with Gasteiger partial charge in [-0.3, -0.25) is 0 Å². The molecule has 2 atom stereocenters. The fourth-order valence-corrected chi connectivity index (χ4v) is 2.95. The molecule has 1 aliphatic heterocycles. The number of nitriles is 1. The smallest absolute Gasteiger partial charge is 0.102 e. The van der Waals surface area contributed by atoms with Crippen LogP contribution in [0.1, 0.15) is 60.3 Å². The molecule has 23 heavy (non-hydrogen) atoms. The molecule has 1 aliphatic rings. The Morgan fingerprint density at radius 2 is 1.96 bits per heavy atom.